The highest BCUT2D eigenvalue weighted by Gasteiger charge is 2.08. The van der Waals surface area contributed by atoms with Crippen molar-refractivity contribution in [2.24, 2.45) is 0 Å². The monoisotopic (exact) mass is 212 g/mol. The van der Waals surface area contributed by atoms with Crippen LogP contribution in [0.15, 0.2) is 29.2 Å². The van der Waals surface area contributed by atoms with Gasteiger partial charge in [0.15, 0.2) is 0 Å². The van der Waals surface area contributed by atoms with Gasteiger partial charge in [0.1, 0.15) is 12.4 Å². The van der Waals surface area contributed by atoms with Crippen LogP contribution in [-0.4, -0.2) is 19.6 Å². The van der Waals surface area contributed by atoms with Gasteiger partial charge in [-0.3, -0.25) is 4.55 Å². The van der Waals surface area contributed by atoms with Gasteiger partial charge >= 0.3 is 0 Å². The van der Waals surface area contributed by atoms with Crippen LogP contribution in [0.3, 0.4) is 0 Å². The van der Waals surface area contributed by atoms with Crippen LogP contribution in [0, 0.1) is 12.3 Å². The Labute approximate surface area is 82.3 Å². The van der Waals surface area contributed by atoms with Crippen LogP contribution in [-0.2, 0) is 10.1 Å². The predicted molar refractivity (Wildman–Crippen MR) is 50.6 cm³/mol. The van der Waals surface area contributed by atoms with Gasteiger partial charge in [0, 0.05) is 0 Å². The Hall–Kier alpha value is -1.51. The zero-order valence-corrected chi connectivity index (χ0v) is 7.99. The van der Waals surface area contributed by atoms with Gasteiger partial charge in [0.05, 0.1) is 4.90 Å². The third-order valence-corrected chi connectivity index (χ3v) is 2.31. The molecule has 5 heteroatoms. The summed E-state index contributed by atoms with van der Waals surface area (Å²) in [7, 11) is -4.14. The molecule has 0 aliphatic carbocycles. The molecule has 0 amide bonds. The van der Waals surface area contributed by atoms with Gasteiger partial charge in [0.25, 0.3) is 10.1 Å². The van der Waals surface area contributed by atoms with Gasteiger partial charge in [-0.15, -0.1) is 6.42 Å². The Morgan fingerprint density at radius 2 is 1.93 bits per heavy atom. The van der Waals surface area contributed by atoms with E-state index >= 15 is 0 Å². The van der Waals surface area contributed by atoms with Crippen molar-refractivity contribution in [1.29, 1.82) is 0 Å². The number of ether oxygens (including phenoxy) is 1. The van der Waals surface area contributed by atoms with Crippen LogP contribution in [0.1, 0.15) is 0 Å². The zero-order valence-electron chi connectivity index (χ0n) is 7.17. The average molecular weight is 212 g/mol. The van der Waals surface area contributed by atoms with Gasteiger partial charge in [-0.25, -0.2) is 0 Å². The second-order valence-electron chi connectivity index (χ2n) is 2.44. The van der Waals surface area contributed by atoms with E-state index in [1.165, 1.54) is 24.3 Å². The van der Waals surface area contributed by atoms with Crippen LogP contribution in [0.2, 0.25) is 0 Å². The summed E-state index contributed by atoms with van der Waals surface area (Å²) in [4.78, 5) is -0.175. The first kappa shape index (κ1) is 10.6. The SMILES string of the molecule is C#CCOc1ccc(S(=O)(=O)O)cc1. The Morgan fingerprint density at radius 3 is 2.36 bits per heavy atom. The summed E-state index contributed by atoms with van der Waals surface area (Å²) in [6, 6.07) is 5.31. The lowest BCUT2D eigenvalue weighted by atomic mass is 10.3. The van der Waals surface area contributed by atoms with Crippen molar-refractivity contribution >= 4 is 10.1 Å². The van der Waals surface area contributed by atoms with Crippen LogP contribution in [0.25, 0.3) is 0 Å². The number of hydrogen-bond acceptors (Lipinski definition) is 3. The fraction of sp³-hybridized carbons (Fsp3) is 0.111. The molecule has 1 rings (SSSR count). The molecule has 0 aromatic heterocycles. The second-order valence-corrected chi connectivity index (χ2v) is 3.86. The molecule has 0 aliphatic rings. The highest BCUT2D eigenvalue weighted by atomic mass is 32.2. The maximum atomic E-state index is 10.6. The van der Waals surface area contributed by atoms with Crippen molar-refractivity contribution in [2.75, 3.05) is 6.61 Å². The number of rotatable bonds is 3. The van der Waals surface area contributed by atoms with E-state index in [1.54, 1.807) is 0 Å². The lowest BCUT2D eigenvalue weighted by molar-refractivity contribution is 0.370. The zero-order chi connectivity index (χ0) is 10.6. The summed E-state index contributed by atoms with van der Waals surface area (Å²) in [5, 5.41) is 0. The second kappa shape index (κ2) is 4.13. The average Bonchev–Trinajstić information content (AvgIpc) is 2.14. The van der Waals surface area contributed by atoms with E-state index < -0.39 is 10.1 Å². The van der Waals surface area contributed by atoms with Gasteiger partial charge < -0.3 is 4.74 Å². The van der Waals surface area contributed by atoms with E-state index in [0.717, 1.165) is 0 Å². The molecule has 0 unspecified atom stereocenters. The van der Waals surface area contributed by atoms with Crippen molar-refractivity contribution in [2.45, 2.75) is 4.90 Å². The molecule has 0 bridgehead atoms. The van der Waals surface area contributed by atoms with E-state index in [4.69, 9.17) is 15.7 Å². The Morgan fingerprint density at radius 1 is 1.36 bits per heavy atom. The summed E-state index contributed by atoms with van der Waals surface area (Å²) in [6.07, 6.45) is 4.96. The van der Waals surface area contributed by atoms with Crippen molar-refractivity contribution in [3.05, 3.63) is 24.3 Å². The maximum Gasteiger partial charge on any atom is 0.294 e. The standard InChI is InChI=1S/C9H8O4S/c1-2-7-13-8-3-5-9(6-4-8)14(10,11)12/h1,3-6H,7H2,(H,10,11,12). The molecule has 4 nitrogen and oxygen atoms in total. The highest BCUT2D eigenvalue weighted by molar-refractivity contribution is 7.85. The molecule has 0 atom stereocenters. The lowest BCUT2D eigenvalue weighted by Gasteiger charge is -2.02. The molecular formula is C9H8O4S. The topological polar surface area (TPSA) is 63.6 Å². The number of benzene rings is 1. The van der Waals surface area contributed by atoms with Gasteiger partial charge in [-0.05, 0) is 24.3 Å². The first-order valence-electron chi connectivity index (χ1n) is 3.68. The molecule has 74 valence electrons. The maximum absolute atomic E-state index is 10.6. The molecule has 0 saturated heterocycles. The molecular weight excluding hydrogens is 204 g/mol. The predicted octanol–water partition coefficient (Wildman–Crippen LogP) is 0.945. The molecule has 14 heavy (non-hydrogen) atoms. The van der Waals surface area contributed by atoms with Crippen molar-refractivity contribution in [3.8, 4) is 18.1 Å². The van der Waals surface area contributed by atoms with Crippen molar-refractivity contribution in [3.63, 3.8) is 0 Å². The first-order valence-corrected chi connectivity index (χ1v) is 5.12. The first-order chi connectivity index (χ1) is 6.54. The lowest BCUT2D eigenvalue weighted by Crippen LogP contribution is -1.98. The van der Waals surface area contributed by atoms with E-state index in [0.29, 0.717) is 5.75 Å². The molecule has 1 N–H and O–H groups in total. The van der Waals surface area contributed by atoms with Gasteiger partial charge in [-0.1, -0.05) is 5.92 Å². The largest absolute Gasteiger partial charge is 0.481 e. The Balaban J connectivity index is 2.86. The summed E-state index contributed by atoms with van der Waals surface area (Å²) in [6.45, 7) is 0.116. The van der Waals surface area contributed by atoms with Crippen LogP contribution < -0.4 is 4.74 Å². The van der Waals surface area contributed by atoms with Crippen molar-refractivity contribution < 1.29 is 17.7 Å². The Kier molecular flexibility index (Phi) is 3.12. The molecule has 0 radical (unpaired) electrons. The molecule has 0 heterocycles. The number of terminal acetylenes is 1. The molecule has 0 fully saturated rings. The highest BCUT2D eigenvalue weighted by Crippen LogP contribution is 2.15. The van der Waals surface area contributed by atoms with Gasteiger partial charge in [0.2, 0.25) is 0 Å². The minimum Gasteiger partial charge on any atom is -0.481 e. The Bertz CT molecular complexity index is 439. The van der Waals surface area contributed by atoms with Crippen molar-refractivity contribution in [1.82, 2.24) is 0 Å². The third-order valence-electron chi connectivity index (χ3n) is 1.44. The normalized spacial score (nSPS) is 10.6. The summed E-state index contributed by atoms with van der Waals surface area (Å²) >= 11 is 0. The van der Waals surface area contributed by atoms with Crippen LogP contribution >= 0.6 is 0 Å². The summed E-state index contributed by atoms with van der Waals surface area (Å²) in [5.74, 6) is 2.73. The minimum atomic E-state index is -4.14. The van der Waals surface area contributed by atoms with Crippen LogP contribution in [0.4, 0.5) is 0 Å². The fourth-order valence-electron chi connectivity index (χ4n) is 0.833. The third kappa shape index (κ3) is 2.76. The van der Waals surface area contributed by atoms with Crippen LogP contribution in [0.5, 0.6) is 5.75 Å². The number of hydrogen-bond donors (Lipinski definition) is 1. The summed E-state index contributed by atoms with van der Waals surface area (Å²) in [5.41, 5.74) is 0. The van der Waals surface area contributed by atoms with E-state index in [2.05, 4.69) is 5.92 Å². The fourth-order valence-corrected chi connectivity index (χ4v) is 1.31. The molecule has 1 aromatic rings. The molecule has 0 aliphatic heterocycles. The quantitative estimate of drug-likeness (QED) is 0.598. The molecule has 0 saturated carbocycles. The van der Waals surface area contributed by atoms with Gasteiger partial charge in [-0.2, -0.15) is 8.42 Å². The van der Waals surface area contributed by atoms with E-state index in [9.17, 15) is 8.42 Å². The molecule has 0 spiro atoms. The molecule has 1 aromatic carbocycles. The smallest absolute Gasteiger partial charge is 0.294 e. The van der Waals surface area contributed by atoms with E-state index in [-0.39, 0.29) is 11.5 Å². The van der Waals surface area contributed by atoms with E-state index in [1.807, 2.05) is 0 Å². The summed E-state index contributed by atoms with van der Waals surface area (Å²) < 4.78 is 34.9. The minimum absolute atomic E-state index is 0.116.